The van der Waals surface area contributed by atoms with Crippen LogP contribution in [0.2, 0.25) is 0 Å². The summed E-state index contributed by atoms with van der Waals surface area (Å²) >= 11 is 0. The second kappa shape index (κ2) is 15.5. The minimum Gasteiger partial charge on any atom is -0.459 e. The van der Waals surface area contributed by atoms with Gasteiger partial charge in [0.15, 0.2) is 5.76 Å². The van der Waals surface area contributed by atoms with Crippen LogP contribution in [0.15, 0.2) is 64.0 Å². The average Bonchev–Trinajstić information content (AvgIpc) is 3.43. The molecule has 0 radical (unpaired) electrons. The van der Waals surface area contributed by atoms with E-state index in [1.807, 2.05) is 35.2 Å². The normalized spacial score (nSPS) is 17.2. The lowest BCUT2D eigenvalue weighted by Crippen LogP contribution is -2.48. The highest BCUT2D eigenvalue weighted by Crippen LogP contribution is 2.26. The van der Waals surface area contributed by atoms with Gasteiger partial charge in [0.1, 0.15) is 29.2 Å². The van der Waals surface area contributed by atoms with E-state index in [2.05, 4.69) is 10.3 Å². The Morgan fingerprint density at radius 3 is 2.06 bits per heavy atom. The van der Waals surface area contributed by atoms with Crippen LogP contribution >= 0.6 is 0 Å². The molecular weight excluding hydrogens is 616 g/mol. The zero-order chi connectivity index (χ0) is 35.1. The number of nitrogens with one attached hydrogen (secondary N) is 1. The largest absolute Gasteiger partial charge is 0.459 e. The molecule has 0 saturated heterocycles. The van der Waals surface area contributed by atoms with Crippen LogP contribution in [0.3, 0.4) is 0 Å². The van der Waals surface area contributed by atoms with Gasteiger partial charge in [0.25, 0.3) is 5.91 Å². The van der Waals surface area contributed by atoms with Crippen molar-refractivity contribution in [1.29, 1.82) is 0 Å². The molecule has 1 aliphatic rings. The van der Waals surface area contributed by atoms with Gasteiger partial charge in [0.05, 0.1) is 13.1 Å². The number of amidine groups is 1. The van der Waals surface area contributed by atoms with E-state index in [1.54, 1.807) is 65.8 Å². The van der Waals surface area contributed by atoms with Crippen molar-refractivity contribution in [2.45, 2.75) is 97.1 Å². The zero-order valence-corrected chi connectivity index (χ0v) is 28.5. The summed E-state index contributed by atoms with van der Waals surface area (Å²) in [5.41, 5.74) is 6.56. The van der Waals surface area contributed by atoms with Crippen molar-refractivity contribution in [3.05, 3.63) is 71.5 Å². The van der Waals surface area contributed by atoms with Gasteiger partial charge in [-0.05, 0) is 97.1 Å². The Morgan fingerprint density at radius 1 is 0.875 bits per heavy atom. The minimum atomic E-state index is -0.809. The molecule has 12 heteroatoms. The number of amides is 2. The van der Waals surface area contributed by atoms with Crippen molar-refractivity contribution in [1.82, 2.24) is 10.2 Å². The monoisotopic (exact) mass is 662 g/mol. The molecule has 1 aromatic heterocycles. The van der Waals surface area contributed by atoms with Gasteiger partial charge in [-0.1, -0.05) is 30.3 Å². The maximum Gasteiger partial charge on any atom is 0.435 e. The molecule has 2 aromatic carbocycles. The summed E-state index contributed by atoms with van der Waals surface area (Å²) in [5, 5.41) is 3.67. The molecule has 0 unspecified atom stereocenters. The topological polar surface area (TPSA) is 163 Å². The fourth-order valence-electron chi connectivity index (χ4n) is 5.46. The molecule has 1 saturated carbocycles. The second-order valence-corrected chi connectivity index (χ2v) is 14.0. The van der Waals surface area contributed by atoms with Crippen molar-refractivity contribution in [3.8, 4) is 0 Å². The molecule has 12 nitrogen and oxygen atoms in total. The maximum atomic E-state index is 13.2. The van der Waals surface area contributed by atoms with E-state index in [1.165, 1.54) is 0 Å². The summed E-state index contributed by atoms with van der Waals surface area (Å²) in [7, 11) is 0. The fraction of sp³-hybridized carbons (Fsp3) is 0.472. The van der Waals surface area contributed by atoms with E-state index in [4.69, 9.17) is 24.4 Å². The first-order valence-electron chi connectivity index (χ1n) is 16.1. The summed E-state index contributed by atoms with van der Waals surface area (Å²) in [6.07, 6.45) is 1.80. The van der Waals surface area contributed by atoms with Crippen LogP contribution < -0.4 is 11.1 Å². The number of nitrogens with zero attached hydrogens (tertiary/aromatic N) is 2. The standard InChI is InChI=1S/C36H46N4O8/c1-35(2,3)47-30(41)20-40(21-31(42)48-36(4,5)6)27-15-13-26(14-16-27)38-33(43)29-19-25-18-24(12-17-28(25)46-29)32(37)39-34(44)45-22-23-10-8-7-9-11-23/h7-12,17-19,26-27H,13-16,20-22H2,1-6H3,(H,38,43)(H2,37,39,44). The lowest BCUT2D eigenvalue weighted by Gasteiger charge is -2.36. The molecule has 2 amide bonds. The Kier molecular flexibility index (Phi) is 11.6. The number of carbonyl (C=O) groups excluding carboxylic acids is 4. The Balaban J connectivity index is 1.34. The quantitative estimate of drug-likeness (QED) is 0.123. The lowest BCUT2D eigenvalue weighted by atomic mass is 9.90. The van der Waals surface area contributed by atoms with E-state index in [9.17, 15) is 19.2 Å². The molecule has 1 fully saturated rings. The van der Waals surface area contributed by atoms with E-state index >= 15 is 0 Å². The Hall–Kier alpha value is -4.71. The van der Waals surface area contributed by atoms with Gasteiger partial charge in [-0.2, -0.15) is 4.99 Å². The van der Waals surface area contributed by atoms with Crippen LogP contribution in [0, 0.1) is 0 Å². The van der Waals surface area contributed by atoms with Crippen molar-refractivity contribution < 1.29 is 37.8 Å². The van der Waals surface area contributed by atoms with Gasteiger partial charge < -0.3 is 29.7 Å². The van der Waals surface area contributed by atoms with Gasteiger partial charge in [-0.25, -0.2) is 4.79 Å². The highest BCUT2D eigenvalue weighted by molar-refractivity contribution is 6.05. The third-order valence-electron chi connectivity index (χ3n) is 7.51. The highest BCUT2D eigenvalue weighted by atomic mass is 16.6. The van der Waals surface area contributed by atoms with Crippen LogP contribution in [-0.2, 0) is 30.4 Å². The van der Waals surface area contributed by atoms with Crippen LogP contribution in [0.5, 0.6) is 0 Å². The Labute approximate surface area is 281 Å². The molecule has 0 spiro atoms. The number of hydrogen-bond donors (Lipinski definition) is 2. The third kappa shape index (κ3) is 11.2. The van der Waals surface area contributed by atoms with Crippen molar-refractivity contribution in [3.63, 3.8) is 0 Å². The number of esters is 2. The smallest absolute Gasteiger partial charge is 0.435 e. The van der Waals surface area contributed by atoms with Crippen molar-refractivity contribution in [2.24, 2.45) is 10.7 Å². The number of rotatable bonds is 10. The first kappa shape index (κ1) is 36.1. The van der Waals surface area contributed by atoms with Gasteiger partial charge >= 0.3 is 18.0 Å². The number of nitrogens with two attached hydrogens (primary N) is 1. The summed E-state index contributed by atoms with van der Waals surface area (Å²) in [6, 6.07) is 15.7. The van der Waals surface area contributed by atoms with E-state index in [0.717, 1.165) is 5.56 Å². The van der Waals surface area contributed by atoms with Crippen LogP contribution in [0.4, 0.5) is 4.79 Å². The maximum absolute atomic E-state index is 13.2. The van der Waals surface area contributed by atoms with Gasteiger partial charge in [-0.3, -0.25) is 19.3 Å². The molecule has 0 atom stereocenters. The van der Waals surface area contributed by atoms with Crippen LogP contribution in [0.1, 0.15) is 88.9 Å². The first-order chi connectivity index (χ1) is 22.5. The predicted octanol–water partition coefficient (Wildman–Crippen LogP) is 5.50. The number of furan rings is 1. The molecular formula is C36H46N4O8. The van der Waals surface area contributed by atoms with Crippen molar-refractivity contribution >= 4 is 40.7 Å². The van der Waals surface area contributed by atoms with Gasteiger partial charge in [0, 0.05) is 23.0 Å². The molecule has 258 valence electrons. The molecule has 3 N–H and O–H groups in total. The van der Waals surface area contributed by atoms with E-state index in [0.29, 0.717) is 42.2 Å². The highest BCUT2D eigenvalue weighted by Gasteiger charge is 2.32. The number of aliphatic imine (C=N–C) groups is 1. The van der Waals surface area contributed by atoms with E-state index in [-0.39, 0.29) is 49.3 Å². The average molecular weight is 663 g/mol. The van der Waals surface area contributed by atoms with Crippen LogP contribution in [-0.4, -0.2) is 71.0 Å². The Morgan fingerprint density at radius 2 is 1.48 bits per heavy atom. The summed E-state index contributed by atoms with van der Waals surface area (Å²) < 4.78 is 22.0. The minimum absolute atomic E-state index is 0.0219. The predicted molar refractivity (Wildman–Crippen MR) is 180 cm³/mol. The zero-order valence-electron chi connectivity index (χ0n) is 28.5. The Bertz CT molecular complexity index is 1600. The summed E-state index contributed by atoms with van der Waals surface area (Å²) in [4.78, 5) is 56.4. The van der Waals surface area contributed by atoms with Crippen LogP contribution in [0.25, 0.3) is 11.0 Å². The second-order valence-electron chi connectivity index (χ2n) is 14.0. The molecule has 1 heterocycles. The van der Waals surface area contributed by atoms with Gasteiger partial charge in [-0.15, -0.1) is 0 Å². The first-order valence-corrected chi connectivity index (χ1v) is 16.1. The van der Waals surface area contributed by atoms with Gasteiger partial charge in [0.2, 0.25) is 0 Å². The SMILES string of the molecule is CC(C)(C)OC(=O)CN(CC(=O)OC(C)(C)C)C1CCC(NC(=O)c2cc3cc(/C(N)=N\C(=O)OCc4ccccc4)ccc3o2)CC1. The van der Waals surface area contributed by atoms with Crippen molar-refractivity contribution in [2.75, 3.05) is 13.1 Å². The lowest BCUT2D eigenvalue weighted by molar-refractivity contribution is -0.161. The molecule has 0 bridgehead atoms. The molecule has 1 aliphatic carbocycles. The fourth-order valence-corrected chi connectivity index (χ4v) is 5.46. The molecule has 4 rings (SSSR count). The molecule has 48 heavy (non-hydrogen) atoms. The van der Waals surface area contributed by atoms with E-state index < -0.39 is 29.2 Å². The number of hydrogen-bond acceptors (Lipinski definition) is 9. The molecule has 0 aliphatic heterocycles. The number of fused-ring (bicyclic) bond motifs is 1. The third-order valence-corrected chi connectivity index (χ3v) is 7.51. The summed E-state index contributed by atoms with van der Waals surface area (Å²) in [6.45, 7) is 10.8. The number of carbonyl (C=O) groups is 4. The summed E-state index contributed by atoms with van der Waals surface area (Å²) in [5.74, 6) is -1.07. The number of ether oxygens (including phenoxy) is 3. The number of benzene rings is 2. The molecule has 3 aromatic rings.